The number of aromatic hydroxyl groups is 1. The van der Waals surface area contributed by atoms with Crippen molar-refractivity contribution in [1.82, 2.24) is 52.8 Å². The van der Waals surface area contributed by atoms with Gasteiger partial charge in [-0.05, 0) is 87.4 Å². The number of aromatic amines is 1. The van der Waals surface area contributed by atoms with E-state index in [9.17, 15) is 63.0 Å². The number of H-pyrrole nitrogens is 1. The molecule has 0 saturated heterocycles. The molecule has 26 nitrogen and oxygen atoms in total. The van der Waals surface area contributed by atoms with E-state index in [1.807, 2.05) is 24.3 Å². The lowest BCUT2D eigenvalue weighted by atomic mass is 9.97. The van der Waals surface area contributed by atoms with Gasteiger partial charge in [-0.1, -0.05) is 122 Å². The summed E-state index contributed by atoms with van der Waals surface area (Å²) in [7, 11) is 0. The van der Waals surface area contributed by atoms with Gasteiger partial charge in [-0.3, -0.25) is 52.7 Å². The van der Waals surface area contributed by atoms with Gasteiger partial charge >= 0.3 is 5.97 Å². The first kappa shape index (κ1) is 73.1. The molecule has 87 heavy (non-hydrogen) atoms. The molecule has 0 saturated carbocycles. The molecule has 2 aromatic carbocycles. The standard InChI is InChI=1S/C61H95N13O13/c1-5-7-8-9-10-11-12-13-14-15-16-25-51(77)69-48(33-41-35-65-44-22-18-17-21-43(41)44)55(80)67-36-52(78)66-37-53(79)74-54(38(3)6-2)60(85)71-46(24-20-31-63)56(81)70-45(23-19-30-62)57(82)73-49(34-50(64)76)59(84)72-47(58(83)68-39(4)61(86)87)32-40-26-28-42(75)29-27-40/h17-18,21-22,26-29,35,38-39,45-49,54,65,75H,5-16,19-20,23-25,30-34,36-37,62-63H2,1-4H3,(H2,64,76)(H,66,78)(H,67,80)(H,68,83)(H,69,77)(H,70,81)(H,71,85)(H,72,84)(H,73,82)(H,74,79)(H,86,87)/t38-,39-,45-,46-,47-,48-,49-,54-/m1/s1. The van der Waals surface area contributed by atoms with Crippen molar-refractivity contribution in [3.05, 3.63) is 65.9 Å². The Kier molecular flexibility index (Phi) is 33.9. The quantitative estimate of drug-likeness (QED) is 0.0357. The zero-order chi connectivity index (χ0) is 64.3. The number of phenols is 1. The summed E-state index contributed by atoms with van der Waals surface area (Å²) in [6.07, 6.45) is 14.1. The molecule has 0 aliphatic carbocycles. The zero-order valence-electron chi connectivity index (χ0n) is 50.9. The van der Waals surface area contributed by atoms with Gasteiger partial charge in [0.25, 0.3) is 0 Å². The first-order valence-electron chi connectivity index (χ1n) is 30.5. The van der Waals surface area contributed by atoms with Crippen molar-refractivity contribution >= 4 is 75.9 Å². The van der Waals surface area contributed by atoms with E-state index in [-0.39, 0.29) is 69.7 Å². The lowest BCUT2D eigenvalue weighted by Crippen LogP contribution is -2.60. The molecule has 0 spiro atoms. The predicted molar refractivity (Wildman–Crippen MR) is 328 cm³/mol. The van der Waals surface area contributed by atoms with Gasteiger partial charge in [0, 0.05) is 36.4 Å². The molecule has 0 radical (unpaired) electrons. The molecule has 3 aromatic rings. The second-order valence-electron chi connectivity index (χ2n) is 22.1. The van der Waals surface area contributed by atoms with Crippen molar-refractivity contribution in [2.45, 2.75) is 198 Å². The molecule has 26 heteroatoms. The van der Waals surface area contributed by atoms with Crippen LogP contribution in [0.4, 0.5) is 0 Å². The van der Waals surface area contributed by atoms with Crippen molar-refractivity contribution < 1.29 is 63.0 Å². The number of phenolic OH excluding ortho intramolecular Hbond substituents is 1. The second-order valence-corrected chi connectivity index (χ2v) is 22.1. The molecule has 10 amide bonds. The number of aromatic nitrogens is 1. The number of hydrogen-bond donors (Lipinski definition) is 15. The molecule has 18 N–H and O–H groups in total. The van der Waals surface area contributed by atoms with E-state index in [1.165, 1.54) is 76.1 Å². The first-order valence-corrected chi connectivity index (χ1v) is 30.5. The number of aliphatic carboxylic acids is 1. The maximum atomic E-state index is 14.1. The molecule has 1 aromatic heterocycles. The van der Waals surface area contributed by atoms with Crippen molar-refractivity contribution in [3.63, 3.8) is 0 Å². The van der Waals surface area contributed by atoms with Crippen LogP contribution >= 0.6 is 0 Å². The molecule has 0 aliphatic rings. The molecule has 0 fully saturated rings. The van der Waals surface area contributed by atoms with Gasteiger partial charge in [0.15, 0.2) is 0 Å². The van der Waals surface area contributed by atoms with E-state index in [4.69, 9.17) is 17.2 Å². The molecule has 8 atom stereocenters. The number of nitrogens with two attached hydrogens (primary N) is 3. The Balaban J connectivity index is 1.67. The number of carbonyl (C=O) groups is 11. The highest BCUT2D eigenvalue weighted by Gasteiger charge is 2.35. The average molecular weight is 1220 g/mol. The van der Waals surface area contributed by atoms with Gasteiger partial charge in [-0.2, -0.15) is 0 Å². The summed E-state index contributed by atoms with van der Waals surface area (Å²) in [6.45, 7) is 5.85. The van der Waals surface area contributed by atoms with E-state index < -0.39 is 127 Å². The number of carboxylic acid groups (broad SMARTS) is 1. The number of fused-ring (bicyclic) bond motifs is 1. The van der Waals surface area contributed by atoms with E-state index in [0.717, 1.165) is 35.7 Å². The number of primary amides is 1. The Morgan fingerprint density at radius 3 is 1.62 bits per heavy atom. The van der Waals surface area contributed by atoms with E-state index in [2.05, 4.69) is 59.8 Å². The lowest BCUT2D eigenvalue weighted by Gasteiger charge is -2.28. The molecule has 1 heterocycles. The van der Waals surface area contributed by atoms with Crippen LogP contribution in [-0.4, -0.2) is 149 Å². The Hall–Kier alpha value is -8.13. The van der Waals surface area contributed by atoms with Gasteiger partial charge < -0.3 is 80.2 Å². The fraction of sp³-hybridized carbons (Fsp3) is 0.590. The third kappa shape index (κ3) is 27.8. The molecule has 3 rings (SSSR count). The van der Waals surface area contributed by atoms with Crippen molar-refractivity contribution in [2.24, 2.45) is 23.1 Å². The Labute approximate surface area is 509 Å². The van der Waals surface area contributed by atoms with Crippen LogP contribution < -0.4 is 65.1 Å². The highest BCUT2D eigenvalue weighted by atomic mass is 16.4. The SMILES string of the molecule is CCCCCCCCCCCCCC(=O)N[C@H](Cc1c[nH]c2ccccc12)C(=O)NCC(=O)NCC(=O)N[C@@H](C(=O)N[C@H](CCCN)C(=O)N[C@H](CCCN)C(=O)N[C@H](CC(N)=O)C(=O)N[C@H](Cc1ccc(O)cc1)C(=O)N[C@H](C)C(=O)O)[C@H](C)CC. The van der Waals surface area contributed by atoms with Crippen molar-refractivity contribution in [3.8, 4) is 5.75 Å². The number of rotatable bonds is 44. The second kappa shape index (κ2) is 40.3. The first-order chi connectivity index (χ1) is 41.6. The minimum Gasteiger partial charge on any atom is -0.508 e. The summed E-state index contributed by atoms with van der Waals surface area (Å²) in [5.41, 5.74) is 19.1. The molecule has 482 valence electrons. The summed E-state index contributed by atoms with van der Waals surface area (Å²) >= 11 is 0. The summed E-state index contributed by atoms with van der Waals surface area (Å²) < 4.78 is 0. The molecular formula is C61H95N13O13. The highest BCUT2D eigenvalue weighted by molar-refractivity contribution is 5.99. The van der Waals surface area contributed by atoms with Gasteiger partial charge in [0.2, 0.25) is 59.1 Å². The fourth-order valence-corrected chi connectivity index (χ4v) is 9.53. The van der Waals surface area contributed by atoms with Crippen LogP contribution in [0.1, 0.15) is 154 Å². The van der Waals surface area contributed by atoms with Gasteiger partial charge in [0.1, 0.15) is 48.0 Å². The van der Waals surface area contributed by atoms with Gasteiger partial charge in [-0.25, -0.2) is 0 Å². The van der Waals surface area contributed by atoms with E-state index >= 15 is 0 Å². The van der Waals surface area contributed by atoms with Gasteiger partial charge in [-0.15, -0.1) is 0 Å². The van der Waals surface area contributed by atoms with Crippen LogP contribution in [0.3, 0.4) is 0 Å². The number of carboxylic acids is 1. The number of amides is 10. The zero-order valence-corrected chi connectivity index (χ0v) is 50.9. The number of nitrogens with one attached hydrogen (secondary N) is 10. The van der Waals surface area contributed by atoms with Crippen molar-refractivity contribution in [2.75, 3.05) is 26.2 Å². The molecule has 0 aliphatic heterocycles. The number of unbranched alkanes of at least 4 members (excludes halogenated alkanes) is 10. The number of hydrogen-bond acceptors (Lipinski definition) is 14. The maximum absolute atomic E-state index is 14.1. The number of carbonyl (C=O) groups excluding carboxylic acids is 10. The van der Waals surface area contributed by atoms with Crippen LogP contribution in [-0.2, 0) is 65.6 Å². The normalized spacial score (nSPS) is 13.9. The van der Waals surface area contributed by atoms with E-state index in [1.54, 1.807) is 20.0 Å². The van der Waals surface area contributed by atoms with Crippen LogP contribution in [0.25, 0.3) is 10.9 Å². The lowest BCUT2D eigenvalue weighted by molar-refractivity contribution is -0.142. The van der Waals surface area contributed by atoms with Crippen LogP contribution in [0, 0.1) is 5.92 Å². The smallest absolute Gasteiger partial charge is 0.325 e. The van der Waals surface area contributed by atoms with Crippen LogP contribution in [0.15, 0.2) is 54.7 Å². The fourth-order valence-electron chi connectivity index (χ4n) is 9.53. The topological polar surface area (TPSA) is 430 Å². The monoisotopic (exact) mass is 1220 g/mol. The number of para-hydroxylation sites is 1. The third-order valence-corrected chi connectivity index (χ3v) is 14.9. The maximum Gasteiger partial charge on any atom is 0.325 e. The minimum absolute atomic E-state index is 0.0361. The minimum atomic E-state index is -1.72. The van der Waals surface area contributed by atoms with Crippen LogP contribution in [0.2, 0.25) is 0 Å². The number of benzene rings is 2. The van der Waals surface area contributed by atoms with E-state index in [0.29, 0.717) is 18.4 Å². The Morgan fingerprint density at radius 1 is 0.529 bits per heavy atom. The molecule has 0 unspecified atom stereocenters. The summed E-state index contributed by atoms with van der Waals surface area (Å²) in [5, 5.41) is 42.9. The largest absolute Gasteiger partial charge is 0.508 e. The van der Waals surface area contributed by atoms with Gasteiger partial charge in [0.05, 0.1) is 19.5 Å². The Morgan fingerprint density at radius 2 is 1.05 bits per heavy atom. The third-order valence-electron chi connectivity index (χ3n) is 14.9. The summed E-state index contributed by atoms with van der Waals surface area (Å²) in [4.78, 5) is 150. The summed E-state index contributed by atoms with van der Waals surface area (Å²) in [5.74, 6) is -10.1. The Bertz CT molecular complexity index is 2700. The predicted octanol–water partition coefficient (Wildman–Crippen LogP) is 1.49. The highest BCUT2D eigenvalue weighted by Crippen LogP contribution is 2.20. The molecule has 0 bridgehead atoms. The average Bonchev–Trinajstić information content (AvgIpc) is 2.59. The summed E-state index contributed by atoms with van der Waals surface area (Å²) in [6, 6.07) is 3.51. The van der Waals surface area contributed by atoms with Crippen molar-refractivity contribution in [1.29, 1.82) is 0 Å². The van der Waals surface area contributed by atoms with Crippen LogP contribution in [0.5, 0.6) is 5.75 Å². The molecular weight excluding hydrogens is 1120 g/mol.